The van der Waals surface area contributed by atoms with Crippen LogP contribution in [0.15, 0.2) is 24.4 Å². The van der Waals surface area contributed by atoms with Gasteiger partial charge in [-0.15, -0.1) is 0 Å². The first kappa shape index (κ1) is 11.2. The van der Waals surface area contributed by atoms with Crippen molar-refractivity contribution in [3.63, 3.8) is 0 Å². The number of fused-ring (bicyclic) bond motifs is 1. The van der Waals surface area contributed by atoms with E-state index < -0.39 is 5.54 Å². The van der Waals surface area contributed by atoms with Crippen LogP contribution in [0.2, 0.25) is 0 Å². The number of nitrogens with zero attached hydrogens (tertiary/aromatic N) is 1. The lowest BCUT2D eigenvalue weighted by atomic mass is 9.99. The molecule has 1 saturated heterocycles. The molecule has 6 nitrogen and oxygen atoms in total. The Morgan fingerprint density at radius 2 is 2.44 bits per heavy atom. The number of ether oxygens (including phenoxy) is 1. The fraction of sp³-hybridized carbons (Fsp3) is 0.333. The van der Waals surface area contributed by atoms with Gasteiger partial charge in [0.2, 0.25) is 5.91 Å². The number of amides is 1. The third kappa shape index (κ3) is 1.75. The summed E-state index contributed by atoms with van der Waals surface area (Å²) in [6, 6.07) is 5.60. The fourth-order valence-electron chi connectivity index (χ4n) is 2.08. The maximum absolute atomic E-state index is 12.2. The van der Waals surface area contributed by atoms with Crippen molar-refractivity contribution in [1.29, 1.82) is 0 Å². The van der Waals surface area contributed by atoms with Gasteiger partial charge in [0.15, 0.2) is 0 Å². The molecule has 18 heavy (non-hydrogen) atoms. The minimum Gasteiger partial charge on any atom is -0.379 e. The topological polar surface area (TPSA) is 93.0 Å². The van der Waals surface area contributed by atoms with Crippen molar-refractivity contribution in [2.45, 2.75) is 12.0 Å². The number of aromatic nitrogens is 2. The van der Waals surface area contributed by atoms with E-state index in [1.54, 1.807) is 6.20 Å². The second kappa shape index (κ2) is 4.08. The summed E-state index contributed by atoms with van der Waals surface area (Å²) in [6.07, 6.45) is 2.25. The van der Waals surface area contributed by atoms with Crippen LogP contribution < -0.4 is 11.1 Å². The Hall–Kier alpha value is -1.92. The highest BCUT2D eigenvalue weighted by Gasteiger charge is 2.38. The normalized spacial score (nSPS) is 23.4. The smallest absolute Gasteiger partial charge is 0.247 e. The molecule has 1 aromatic carbocycles. The van der Waals surface area contributed by atoms with E-state index in [1.807, 2.05) is 18.2 Å². The van der Waals surface area contributed by atoms with Gasteiger partial charge in [0.25, 0.3) is 0 Å². The Kier molecular flexibility index (Phi) is 2.53. The molecule has 1 atom stereocenters. The van der Waals surface area contributed by atoms with Gasteiger partial charge >= 0.3 is 0 Å². The van der Waals surface area contributed by atoms with Crippen LogP contribution in [0.1, 0.15) is 6.42 Å². The molecular weight excluding hydrogens is 232 g/mol. The molecule has 94 valence electrons. The number of nitrogens with one attached hydrogen (secondary N) is 2. The SMILES string of the molecule is NC1(C(=O)Nc2cccc3cn[nH]c23)CCOC1. The van der Waals surface area contributed by atoms with Crippen LogP contribution in [0.25, 0.3) is 10.9 Å². The first-order valence-electron chi connectivity index (χ1n) is 5.79. The lowest BCUT2D eigenvalue weighted by Gasteiger charge is -2.20. The Bertz CT molecular complexity index is 587. The standard InChI is InChI=1S/C12H14N4O2/c13-12(4-5-18-7-12)11(17)15-9-3-1-2-8-6-14-16-10(8)9/h1-3,6H,4-5,7,13H2,(H,14,16)(H,15,17). The van der Waals surface area contributed by atoms with Gasteiger partial charge in [-0.1, -0.05) is 12.1 Å². The van der Waals surface area contributed by atoms with Crippen LogP contribution in [-0.2, 0) is 9.53 Å². The molecule has 1 fully saturated rings. The van der Waals surface area contributed by atoms with Crippen LogP contribution in [0.4, 0.5) is 5.69 Å². The number of hydrogen-bond acceptors (Lipinski definition) is 4. The summed E-state index contributed by atoms with van der Waals surface area (Å²) in [5.74, 6) is -0.220. The largest absolute Gasteiger partial charge is 0.379 e. The monoisotopic (exact) mass is 246 g/mol. The first-order valence-corrected chi connectivity index (χ1v) is 5.79. The average Bonchev–Trinajstić information content (AvgIpc) is 2.98. The zero-order valence-electron chi connectivity index (χ0n) is 9.77. The summed E-state index contributed by atoms with van der Waals surface area (Å²) < 4.78 is 5.19. The highest BCUT2D eigenvalue weighted by molar-refractivity contribution is 6.04. The average molecular weight is 246 g/mol. The number of benzene rings is 1. The number of anilines is 1. The van der Waals surface area contributed by atoms with E-state index >= 15 is 0 Å². The van der Waals surface area contributed by atoms with Crippen molar-refractivity contribution in [2.75, 3.05) is 18.5 Å². The summed E-state index contributed by atoms with van der Waals surface area (Å²) in [5.41, 5.74) is 6.56. The molecule has 1 amide bonds. The predicted octanol–water partition coefficient (Wildman–Crippen LogP) is 0.619. The zero-order chi connectivity index (χ0) is 12.6. The van der Waals surface area contributed by atoms with Crippen molar-refractivity contribution in [1.82, 2.24) is 10.2 Å². The van der Waals surface area contributed by atoms with Crippen molar-refractivity contribution in [3.8, 4) is 0 Å². The van der Waals surface area contributed by atoms with Gasteiger partial charge in [-0.05, 0) is 12.5 Å². The molecule has 1 aliphatic rings. The summed E-state index contributed by atoms with van der Waals surface area (Å²) in [5, 5.41) is 10.6. The van der Waals surface area contributed by atoms with Crippen LogP contribution in [-0.4, -0.2) is 34.9 Å². The predicted molar refractivity (Wildman–Crippen MR) is 67.1 cm³/mol. The number of carbonyl (C=O) groups excluding carboxylic acids is 1. The summed E-state index contributed by atoms with van der Waals surface area (Å²) in [4.78, 5) is 12.2. The molecule has 0 saturated carbocycles. The molecule has 2 aromatic rings. The summed E-state index contributed by atoms with van der Waals surface area (Å²) in [6.45, 7) is 0.788. The van der Waals surface area contributed by atoms with Gasteiger partial charge in [-0.2, -0.15) is 5.10 Å². The number of nitrogens with two attached hydrogens (primary N) is 1. The molecule has 1 unspecified atom stereocenters. The van der Waals surface area contributed by atoms with Crippen LogP contribution in [0, 0.1) is 0 Å². The summed E-state index contributed by atoms with van der Waals surface area (Å²) >= 11 is 0. The molecule has 0 spiro atoms. The quantitative estimate of drug-likeness (QED) is 0.724. The molecule has 4 N–H and O–H groups in total. The Balaban J connectivity index is 1.88. The second-order valence-electron chi connectivity index (χ2n) is 4.55. The highest BCUT2D eigenvalue weighted by atomic mass is 16.5. The van der Waals surface area contributed by atoms with Gasteiger partial charge in [0, 0.05) is 12.0 Å². The molecule has 6 heteroatoms. The minimum atomic E-state index is -0.928. The molecule has 3 rings (SSSR count). The maximum Gasteiger partial charge on any atom is 0.247 e. The van der Waals surface area contributed by atoms with Gasteiger partial charge in [0.1, 0.15) is 5.54 Å². The van der Waals surface area contributed by atoms with E-state index in [9.17, 15) is 4.79 Å². The van der Waals surface area contributed by atoms with E-state index in [0.717, 1.165) is 10.9 Å². The number of hydrogen-bond donors (Lipinski definition) is 3. The first-order chi connectivity index (χ1) is 8.69. The number of aromatic amines is 1. The fourth-order valence-corrected chi connectivity index (χ4v) is 2.08. The zero-order valence-corrected chi connectivity index (χ0v) is 9.77. The lowest BCUT2D eigenvalue weighted by Crippen LogP contribution is -2.51. The third-order valence-corrected chi connectivity index (χ3v) is 3.23. The Labute approximate surface area is 103 Å². The van der Waals surface area contributed by atoms with Gasteiger partial charge in [-0.3, -0.25) is 9.89 Å². The Morgan fingerprint density at radius 3 is 3.22 bits per heavy atom. The molecule has 0 bridgehead atoms. The molecule has 0 aliphatic carbocycles. The minimum absolute atomic E-state index is 0.220. The van der Waals surface area contributed by atoms with Crippen LogP contribution in [0.5, 0.6) is 0 Å². The van der Waals surface area contributed by atoms with Gasteiger partial charge in [-0.25, -0.2) is 0 Å². The molecule has 1 aromatic heterocycles. The molecular formula is C12H14N4O2. The maximum atomic E-state index is 12.2. The van der Waals surface area contributed by atoms with Crippen molar-refractivity contribution in [2.24, 2.45) is 5.73 Å². The van der Waals surface area contributed by atoms with Crippen molar-refractivity contribution in [3.05, 3.63) is 24.4 Å². The number of carbonyl (C=O) groups is 1. The van der Waals surface area contributed by atoms with E-state index in [0.29, 0.717) is 18.7 Å². The lowest BCUT2D eigenvalue weighted by molar-refractivity contribution is -0.121. The van der Waals surface area contributed by atoms with E-state index in [1.165, 1.54) is 0 Å². The van der Waals surface area contributed by atoms with Crippen molar-refractivity contribution >= 4 is 22.5 Å². The van der Waals surface area contributed by atoms with Gasteiger partial charge in [0.05, 0.1) is 24.0 Å². The Morgan fingerprint density at radius 1 is 1.56 bits per heavy atom. The number of para-hydroxylation sites is 1. The third-order valence-electron chi connectivity index (χ3n) is 3.23. The van der Waals surface area contributed by atoms with Crippen molar-refractivity contribution < 1.29 is 9.53 Å². The molecule has 0 radical (unpaired) electrons. The van der Waals surface area contributed by atoms with Crippen LogP contribution in [0.3, 0.4) is 0 Å². The molecule has 2 heterocycles. The molecule has 1 aliphatic heterocycles. The highest BCUT2D eigenvalue weighted by Crippen LogP contribution is 2.23. The summed E-state index contributed by atoms with van der Waals surface area (Å²) in [7, 11) is 0. The second-order valence-corrected chi connectivity index (χ2v) is 4.55. The number of rotatable bonds is 2. The van der Waals surface area contributed by atoms with Gasteiger partial charge < -0.3 is 15.8 Å². The van der Waals surface area contributed by atoms with Crippen LogP contribution >= 0.6 is 0 Å². The number of H-pyrrole nitrogens is 1. The van der Waals surface area contributed by atoms with E-state index in [4.69, 9.17) is 10.5 Å². The van der Waals surface area contributed by atoms with E-state index in [2.05, 4.69) is 15.5 Å². The van der Waals surface area contributed by atoms with E-state index in [-0.39, 0.29) is 12.5 Å².